The van der Waals surface area contributed by atoms with Gasteiger partial charge in [-0.15, -0.1) is 0 Å². The van der Waals surface area contributed by atoms with E-state index in [-0.39, 0.29) is 13.2 Å². The fraction of sp³-hybridized carbons (Fsp3) is 0.333. The zero-order valence-corrected chi connectivity index (χ0v) is 14.1. The molecule has 6 nitrogen and oxygen atoms in total. The summed E-state index contributed by atoms with van der Waals surface area (Å²) < 4.78 is 0. The highest BCUT2D eigenvalue weighted by Gasteiger charge is 2.06. The largest absolute Gasteiger partial charge is 0.399 e. The zero-order chi connectivity index (χ0) is 17.5. The molecule has 0 saturated carbocycles. The van der Waals surface area contributed by atoms with Gasteiger partial charge in [-0.3, -0.25) is 0 Å². The molecule has 0 unspecified atom stereocenters. The van der Waals surface area contributed by atoms with Gasteiger partial charge >= 0.3 is 0 Å². The molecule has 0 saturated heterocycles. The molecule has 0 radical (unpaired) electrons. The second-order valence-corrected chi connectivity index (χ2v) is 5.65. The van der Waals surface area contributed by atoms with E-state index in [0.29, 0.717) is 13.1 Å². The lowest BCUT2D eigenvalue weighted by molar-refractivity contribution is 0.281. The third-order valence-corrected chi connectivity index (χ3v) is 3.73. The Kier molecular flexibility index (Phi) is 6.28. The van der Waals surface area contributed by atoms with Crippen LogP contribution in [0.2, 0.25) is 0 Å². The minimum atomic E-state index is 0.0388. The average molecular weight is 328 g/mol. The van der Waals surface area contributed by atoms with Gasteiger partial charge in [0.2, 0.25) is 0 Å². The first kappa shape index (κ1) is 17.9. The maximum Gasteiger partial charge on any atom is 0.0916 e. The van der Waals surface area contributed by atoms with Crippen molar-refractivity contribution in [1.29, 1.82) is 0 Å². The molecule has 0 aromatic heterocycles. The number of nitrogens with two attached hydrogens (primary N) is 1. The Balaban J connectivity index is 2.17. The Morgan fingerprint density at radius 2 is 1.46 bits per heavy atom. The number of aryl methyl sites for hydroxylation is 2. The second-order valence-electron chi connectivity index (χ2n) is 5.65. The third kappa shape index (κ3) is 4.53. The SMILES string of the molecule is Cc1cc(N)cc(C)c1N=Nc1ccc(N(CCO)CCO)cc1. The highest BCUT2D eigenvalue weighted by molar-refractivity contribution is 5.60. The predicted molar refractivity (Wildman–Crippen MR) is 97.3 cm³/mol. The van der Waals surface area contributed by atoms with Crippen LogP contribution in [0.4, 0.5) is 22.7 Å². The topological polar surface area (TPSA) is 94.4 Å². The molecule has 0 aliphatic heterocycles. The fourth-order valence-electron chi connectivity index (χ4n) is 2.60. The van der Waals surface area contributed by atoms with Gasteiger partial charge in [0.25, 0.3) is 0 Å². The summed E-state index contributed by atoms with van der Waals surface area (Å²) in [6, 6.07) is 11.3. The molecule has 0 fully saturated rings. The van der Waals surface area contributed by atoms with E-state index >= 15 is 0 Å². The Labute approximate surface area is 142 Å². The molecule has 6 heteroatoms. The average Bonchev–Trinajstić information content (AvgIpc) is 2.54. The number of anilines is 2. The summed E-state index contributed by atoms with van der Waals surface area (Å²) in [5.74, 6) is 0. The standard InChI is InChI=1S/C18H24N4O2/c1-13-11-15(19)12-14(2)18(13)21-20-16-3-5-17(6-4-16)22(7-9-23)8-10-24/h3-6,11-12,23-24H,7-10,19H2,1-2H3. The summed E-state index contributed by atoms with van der Waals surface area (Å²) in [6.07, 6.45) is 0. The van der Waals surface area contributed by atoms with Crippen LogP contribution in [0.5, 0.6) is 0 Å². The Bertz CT molecular complexity index is 670. The van der Waals surface area contributed by atoms with E-state index in [0.717, 1.165) is 33.9 Å². The Morgan fingerprint density at radius 1 is 0.917 bits per heavy atom. The van der Waals surface area contributed by atoms with Gasteiger partial charge in [0.1, 0.15) is 0 Å². The second kappa shape index (κ2) is 8.42. The summed E-state index contributed by atoms with van der Waals surface area (Å²) in [5.41, 5.74) is 11.0. The first-order valence-electron chi connectivity index (χ1n) is 7.90. The van der Waals surface area contributed by atoms with Crippen LogP contribution in [0.15, 0.2) is 46.6 Å². The highest BCUT2D eigenvalue weighted by atomic mass is 16.3. The molecule has 24 heavy (non-hydrogen) atoms. The molecule has 0 amide bonds. The van der Waals surface area contributed by atoms with Crippen molar-refractivity contribution in [2.75, 3.05) is 36.9 Å². The van der Waals surface area contributed by atoms with Crippen LogP contribution in [0, 0.1) is 13.8 Å². The Hall–Kier alpha value is -2.44. The van der Waals surface area contributed by atoms with Crippen LogP contribution in [-0.2, 0) is 0 Å². The van der Waals surface area contributed by atoms with Crippen molar-refractivity contribution in [3.8, 4) is 0 Å². The van der Waals surface area contributed by atoms with Gasteiger partial charge in [-0.25, -0.2) is 0 Å². The normalized spacial score (nSPS) is 11.2. The van der Waals surface area contributed by atoms with Crippen molar-refractivity contribution < 1.29 is 10.2 Å². The lowest BCUT2D eigenvalue weighted by atomic mass is 10.1. The minimum absolute atomic E-state index is 0.0388. The molecule has 2 aromatic carbocycles. The summed E-state index contributed by atoms with van der Waals surface area (Å²) in [7, 11) is 0. The molecule has 0 heterocycles. The van der Waals surface area contributed by atoms with Gasteiger partial charge in [-0.05, 0) is 61.4 Å². The summed E-state index contributed by atoms with van der Waals surface area (Å²) in [4.78, 5) is 1.91. The van der Waals surface area contributed by atoms with E-state index < -0.39 is 0 Å². The number of hydrogen-bond donors (Lipinski definition) is 3. The number of aliphatic hydroxyl groups is 2. The van der Waals surface area contributed by atoms with Gasteiger partial charge < -0.3 is 20.8 Å². The first-order valence-corrected chi connectivity index (χ1v) is 7.90. The lowest BCUT2D eigenvalue weighted by Crippen LogP contribution is -2.29. The monoisotopic (exact) mass is 328 g/mol. The van der Waals surface area contributed by atoms with E-state index in [2.05, 4.69) is 10.2 Å². The smallest absolute Gasteiger partial charge is 0.0916 e. The van der Waals surface area contributed by atoms with Crippen molar-refractivity contribution in [1.82, 2.24) is 0 Å². The summed E-state index contributed by atoms with van der Waals surface area (Å²) in [5, 5.41) is 26.8. The molecule has 0 aliphatic carbocycles. The van der Waals surface area contributed by atoms with Crippen LogP contribution in [0.1, 0.15) is 11.1 Å². The number of benzene rings is 2. The molecule has 0 bridgehead atoms. The quantitative estimate of drug-likeness (QED) is 0.538. The molecule has 128 valence electrons. The number of nitrogens with zero attached hydrogens (tertiary/aromatic N) is 3. The number of aliphatic hydroxyl groups excluding tert-OH is 2. The number of azo groups is 1. The van der Waals surface area contributed by atoms with E-state index in [1.807, 2.05) is 55.1 Å². The predicted octanol–water partition coefficient (Wildman–Crippen LogP) is 3.09. The number of rotatable bonds is 7. The van der Waals surface area contributed by atoms with Gasteiger partial charge in [-0.1, -0.05) is 0 Å². The van der Waals surface area contributed by atoms with E-state index in [4.69, 9.17) is 15.9 Å². The Morgan fingerprint density at radius 3 is 1.96 bits per heavy atom. The molecule has 0 spiro atoms. The molecular formula is C18H24N4O2. The van der Waals surface area contributed by atoms with Crippen molar-refractivity contribution in [3.05, 3.63) is 47.5 Å². The van der Waals surface area contributed by atoms with Crippen molar-refractivity contribution in [3.63, 3.8) is 0 Å². The number of hydrogen-bond acceptors (Lipinski definition) is 6. The highest BCUT2D eigenvalue weighted by Crippen LogP contribution is 2.28. The molecule has 4 N–H and O–H groups in total. The van der Waals surface area contributed by atoms with Crippen molar-refractivity contribution in [2.24, 2.45) is 10.2 Å². The lowest BCUT2D eigenvalue weighted by Gasteiger charge is -2.22. The molecule has 2 rings (SSSR count). The molecule has 0 aliphatic rings. The minimum Gasteiger partial charge on any atom is -0.399 e. The maximum atomic E-state index is 9.10. The van der Waals surface area contributed by atoms with Gasteiger partial charge in [0.05, 0.1) is 24.6 Å². The van der Waals surface area contributed by atoms with Crippen LogP contribution in [-0.4, -0.2) is 36.5 Å². The van der Waals surface area contributed by atoms with Gasteiger partial charge in [0.15, 0.2) is 0 Å². The summed E-state index contributed by atoms with van der Waals surface area (Å²) >= 11 is 0. The van der Waals surface area contributed by atoms with Crippen LogP contribution in [0.3, 0.4) is 0 Å². The molecule has 2 aromatic rings. The summed E-state index contributed by atoms with van der Waals surface area (Å²) in [6.45, 7) is 4.95. The zero-order valence-electron chi connectivity index (χ0n) is 14.1. The van der Waals surface area contributed by atoms with Gasteiger partial charge in [0, 0.05) is 24.5 Å². The van der Waals surface area contributed by atoms with Gasteiger partial charge in [-0.2, -0.15) is 10.2 Å². The van der Waals surface area contributed by atoms with Crippen LogP contribution < -0.4 is 10.6 Å². The van der Waals surface area contributed by atoms with Crippen LogP contribution in [0.25, 0.3) is 0 Å². The maximum absolute atomic E-state index is 9.10. The molecule has 0 atom stereocenters. The van der Waals surface area contributed by atoms with E-state index in [9.17, 15) is 0 Å². The third-order valence-electron chi connectivity index (χ3n) is 3.73. The first-order chi connectivity index (χ1) is 11.5. The van der Waals surface area contributed by atoms with E-state index in [1.54, 1.807) is 0 Å². The van der Waals surface area contributed by atoms with Crippen molar-refractivity contribution >= 4 is 22.7 Å². The molecular weight excluding hydrogens is 304 g/mol. The van der Waals surface area contributed by atoms with Crippen molar-refractivity contribution in [2.45, 2.75) is 13.8 Å². The van der Waals surface area contributed by atoms with Crippen LogP contribution >= 0.6 is 0 Å². The number of nitrogen functional groups attached to an aromatic ring is 1. The fourth-order valence-corrected chi connectivity index (χ4v) is 2.60. The van der Waals surface area contributed by atoms with E-state index in [1.165, 1.54) is 0 Å².